The summed E-state index contributed by atoms with van der Waals surface area (Å²) in [5.41, 5.74) is 1.19. The van der Waals surface area contributed by atoms with Crippen LogP contribution in [0.15, 0.2) is 46.9 Å². The topological polar surface area (TPSA) is 61.9 Å². The van der Waals surface area contributed by atoms with E-state index in [1.54, 1.807) is 0 Å². The van der Waals surface area contributed by atoms with Gasteiger partial charge >= 0.3 is 0 Å². The fraction of sp³-hybridized carbons (Fsp3) is 0.222. The van der Waals surface area contributed by atoms with Gasteiger partial charge in [-0.1, -0.05) is 50.2 Å². The molecule has 4 nitrogen and oxygen atoms in total. The molecule has 22 heavy (non-hydrogen) atoms. The van der Waals surface area contributed by atoms with Gasteiger partial charge in [0, 0.05) is 12.1 Å². The molecular formula is C18H17N3O. The molecule has 0 amide bonds. The highest BCUT2D eigenvalue weighted by Crippen LogP contribution is 2.31. The normalized spacial score (nSPS) is 10.8. The van der Waals surface area contributed by atoms with E-state index in [-0.39, 0.29) is 0 Å². The molecule has 0 saturated carbocycles. The average Bonchev–Trinajstić information content (AvgIpc) is 2.95. The van der Waals surface area contributed by atoms with Crippen LogP contribution in [-0.2, 0) is 0 Å². The number of hydrogen-bond donors (Lipinski definition) is 1. The minimum absolute atomic E-state index is 0.295. The molecular weight excluding hydrogens is 274 g/mol. The minimum atomic E-state index is 0.295. The van der Waals surface area contributed by atoms with Crippen molar-refractivity contribution in [3.8, 4) is 17.5 Å². The van der Waals surface area contributed by atoms with Crippen LogP contribution in [-0.4, -0.2) is 11.5 Å². The molecule has 0 aliphatic heterocycles. The average molecular weight is 291 g/mol. The molecule has 1 N–H and O–H groups in total. The number of hydrogen-bond acceptors (Lipinski definition) is 4. The third kappa shape index (κ3) is 2.66. The van der Waals surface area contributed by atoms with E-state index in [0.717, 1.165) is 22.9 Å². The highest BCUT2D eigenvalue weighted by molar-refractivity contribution is 5.94. The third-order valence-corrected chi connectivity index (χ3v) is 3.42. The quantitative estimate of drug-likeness (QED) is 0.772. The maximum absolute atomic E-state index is 9.24. The predicted molar refractivity (Wildman–Crippen MR) is 87.5 cm³/mol. The van der Waals surface area contributed by atoms with Gasteiger partial charge in [0.1, 0.15) is 6.07 Å². The highest BCUT2D eigenvalue weighted by atomic mass is 16.4. The van der Waals surface area contributed by atoms with Crippen LogP contribution in [0.2, 0.25) is 0 Å². The first-order valence-corrected chi connectivity index (χ1v) is 7.32. The molecule has 3 rings (SSSR count). The molecule has 110 valence electrons. The van der Waals surface area contributed by atoms with Crippen LogP contribution >= 0.6 is 0 Å². The molecule has 4 heteroatoms. The number of nitrogens with zero attached hydrogens (tertiary/aromatic N) is 2. The lowest BCUT2D eigenvalue weighted by Gasteiger charge is -2.05. The molecule has 0 aliphatic rings. The van der Waals surface area contributed by atoms with E-state index in [9.17, 15) is 5.26 Å². The van der Waals surface area contributed by atoms with Gasteiger partial charge in [-0.15, -0.1) is 0 Å². The Bertz CT molecular complexity index is 838. The summed E-state index contributed by atoms with van der Waals surface area (Å²) in [6, 6.07) is 16.1. The van der Waals surface area contributed by atoms with E-state index in [1.165, 1.54) is 0 Å². The van der Waals surface area contributed by atoms with Gasteiger partial charge in [0.05, 0.1) is 0 Å². The van der Waals surface area contributed by atoms with Crippen LogP contribution < -0.4 is 5.32 Å². The Balaban J connectivity index is 2.06. The Hall–Kier alpha value is -2.80. The second-order valence-electron chi connectivity index (χ2n) is 5.61. The van der Waals surface area contributed by atoms with Crippen molar-refractivity contribution in [3.05, 3.63) is 48.2 Å². The SMILES string of the molecule is CC(C)CNc1oc(-c2cccc3ccccc23)nc1C#N. The molecule has 0 fully saturated rings. The van der Waals surface area contributed by atoms with Crippen molar-refractivity contribution >= 4 is 16.7 Å². The molecule has 0 radical (unpaired) electrons. The largest absolute Gasteiger partial charge is 0.419 e. The zero-order chi connectivity index (χ0) is 15.5. The van der Waals surface area contributed by atoms with Crippen LogP contribution in [0.25, 0.3) is 22.2 Å². The van der Waals surface area contributed by atoms with Gasteiger partial charge in [0.15, 0.2) is 0 Å². The number of rotatable bonds is 4. The zero-order valence-corrected chi connectivity index (χ0v) is 12.6. The van der Waals surface area contributed by atoms with E-state index in [1.807, 2.05) is 42.5 Å². The second kappa shape index (κ2) is 5.90. The smallest absolute Gasteiger partial charge is 0.232 e. The number of aromatic nitrogens is 1. The number of anilines is 1. The Morgan fingerprint density at radius 1 is 1.18 bits per heavy atom. The van der Waals surface area contributed by atoms with Crippen molar-refractivity contribution < 1.29 is 4.42 Å². The first kappa shape index (κ1) is 14.2. The molecule has 0 aliphatic carbocycles. The summed E-state index contributed by atoms with van der Waals surface area (Å²) in [5, 5.41) is 14.6. The molecule has 0 atom stereocenters. The second-order valence-corrected chi connectivity index (χ2v) is 5.61. The summed E-state index contributed by atoms with van der Waals surface area (Å²) >= 11 is 0. The zero-order valence-electron chi connectivity index (χ0n) is 12.6. The Kier molecular flexibility index (Phi) is 3.80. The molecule has 0 spiro atoms. The summed E-state index contributed by atoms with van der Waals surface area (Å²) in [5.74, 6) is 1.37. The van der Waals surface area contributed by atoms with E-state index < -0.39 is 0 Å². The van der Waals surface area contributed by atoms with Gasteiger partial charge in [-0.2, -0.15) is 10.2 Å². The van der Waals surface area contributed by atoms with E-state index in [0.29, 0.717) is 23.4 Å². The van der Waals surface area contributed by atoms with Gasteiger partial charge in [0.2, 0.25) is 17.5 Å². The fourth-order valence-electron chi connectivity index (χ4n) is 2.34. The van der Waals surface area contributed by atoms with Crippen molar-refractivity contribution in [2.75, 3.05) is 11.9 Å². The Labute approximate surface area is 129 Å². The molecule has 0 bridgehead atoms. The number of nitriles is 1. The van der Waals surface area contributed by atoms with Gasteiger partial charge in [-0.3, -0.25) is 0 Å². The summed E-state index contributed by atoms with van der Waals surface area (Å²) in [6.07, 6.45) is 0. The van der Waals surface area contributed by atoms with Crippen molar-refractivity contribution in [1.29, 1.82) is 5.26 Å². The van der Waals surface area contributed by atoms with Crippen molar-refractivity contribution in [2.24, 2.45) is 5.92 Å². The monoisotopic (exact) mass is 291 g/mol. The standard InChI is InChI=1S/C18H17N3O/c1-12(2)11-20-18-16(10-19)21-17(22-18)15-9-5-7-13-6-3-4-8-14(13)15/h3-9,12,20H,11H2,1-2H3. The van der Waals surface area contributed by atoms with Gasteiger partial charge in [-0.25, -0.2) is 0 Å². The minimum Gasteiger partial charge on any atom is -0.419 e. The van der Waals surface area contributed by atoms with E-state index in [2.05, 4.69) is 30.2 Å². The maximum atomic E-state index is 9.24. The number of nitrogens with one attached hydrogen (secondary N) is 1. The van der Waals surface area contributed by atoms with Crippen LogP contribution in [0.5, 0.6) is 0 Å². The van der Waals surface area contributed by atoms with Crippen molar-refractivity contribution in [1.82, 2.24) is 4.98 Å². The molecule has 2 aromatic carbocycles. The Morgan fingerprint density at radius 2 is 1.95 bits per heavy atom. The number of oxazole rings is 1. The summed E-state index contributed by atoms with van der Waals surface area (Å²) in [4.78, 5) is 4.34. The predicted octanol–water partition coefficient (Wildman–Crippen LogP) is 4.43. The molecule has 0 saturated heterocycles. The lowest BCUT2D eigenvalue weighted by Crippen LogP contribution is -2.08. The van der Waals surface area contributed by atoms with Crippen LogP contribution in [0.4, 0.5) is 5.88 Å². The van der Waals surface area contributed by atoms with Crippen LogP contribution in [0, 0.1) is 17.2 Å². The van der Waals surface area contributed by atoms with Gasteiger partial charge in [0.25, 0.3) is 0 Å². The van der Waals surface area contributed by atoms with Gasteiger partial charge < -0.3 is 9.73 Å². The van der Waals surface area contributed by atoms with Crippen molar-refractivity contribution in [2.45, 2.75) is 13.8 Å². The molecule has 3 aromatic rings. The first-order chi connectivity index (χ1) is 10.7. The number of fused-ring (bicyclic) bond motifs is 1. The van der Waals surface area contributed by atoms with E-state index in [4.69, 9.17) is 4.42 Å². The van der Waals surface area contributed by atoms with E-state index >= 15 is 0 Å². The third-order valence-electron chi connectivity index (χ3n) is 3.42. The first-order valence-electron chi connectivity index (χ1n) is 7.32. The summed E-state index contributed by atoms with van der Waals surface area (Å²) < 4.78 is 5.81. The van der Waals surface area contributed by atoms with Crippen LogP contribution in [0.1, 0.15) is 19.5 Å². The van der Waals surface area contributed by atoms with Gasteiger partial charge in [-0.05, 0) is 22.8 Å². The maximum Gasteiger partial charge on any atom is 0.232 e. The molecule has 0 unspecified atom stereocenters. The summed E-state index contributed by atoms with van der Waals surface area (Å²) in [7, 11) is 0. The van der Waals surface area contributed by atoms with Crippen LogP contribution in [0.3, 0.4) is 0 Å². The molecule has 1 aromatic heterocycles. The highest BCUT2D eigenvalue weighted by Gasteiger charge is 2.16. The Morgan fingerprint density at radius 3 is 2.73 bits per heavy atom. The summed E-state index contributed by atoms with van der Waals surface area (Å²) in [6.45, 7) is 4.93. The lowest BCUT2D eigenvalue weighted by atomic mass is 10.0. The fourth-order valence-corrected chi connectivity index (χ4v) is 2.34. The van der Waals surface area contributed by atoms with Crippen molar-refractivity contribution in [3.63, 3.8) is 0 Å². The molecule has 1 heterocycles. The number of benzene rings is 2. The lowest BCUT2D eigenvalue weighted by molar-refractivity contribution is 0.574.